The molecule has 1 saturated heterocycles. The van der Waals surface area contributed by atoms with Gasteiger partial charge in [0, 0.05) is 31.2 Å². The van der Waals surface area contributed by atoms with Crippen LogP contribution in [0.5, 0.6) is 5.75 Å². The van der Waals surface area contributed by atoms with Crippen molar-refractivity contribution in [3.05, 3.63) is 60.2 Å². The smallest absolute Gasteiger partial charge is 0.322 e. The summed E-state index contributed by atoms with van der Waals surface area (Å²) >= 11 is 0. The number of ether oxygens (including phenoxy) is 1. The minimum absolute atomic E-state index is 0.357. The van der Waals surface area contributed by atoms with E-state index in [0.29, 0.717) is 17.9 Å². The zero-order valence-corrected chi connectivity index (χ0v) is 15.5. The molecule has 1 aliphatic heterocycles. The van der Waals surface area contributed by atoms with E-state index in [1.165, 1.54) is 5.56 Å². The van der Waals surface area contributed by atoms with Crippen LogP contribution in [-0.4, -0.2) is 41.3 Å². The van der Waals surface area contributed by atoms with Gasteiger partial charge in [-0.25, -0.2) is 0 Å². The predicted molar refractivity (Wildman–Crippen MR) is 105 cm³/mol. The summed E-state index contributed by atoms with van der Waals surface area (Å²) in [6, 6.07) is 19.1. The zero-order valence-electron chi connectivity index (χ0n) is 15.5. The Bertz CT molecular complexity index is 857. The zero-order chi connectivity index (χ0) is 18.5. The first-order chi connectivity index (χ1) is 13.3. The molecule has 0 atom stereocenters. The predicted octanol–water partition coefficient (Wildman–Crippen LogP) is 3.82. The maximum absolute atomic E-state index is 5.39. The third-order valence-corrected chi connectivity index (χ3v) is 4.92. The van der Waals surface area contributed by atoms with E-state index in [1.54, 1.807) is 7.11 Å². The molecule has 140 valence electrons. The number of aromatic nitrogens is 2. The van der Waals surface area contributed by atoms with Gasteiger partial charge in [-0.3, -0.25) is 4.90 Å². The highest BCUT2D eigenvalue weighted by molar-refractivity contribution is 5.57. The molecular formula is C21H24N4O2. The summed E-state index contributed by atoms with van der Waals surface area (Å²) in [6.07, 6.45) is 2.12. The van der Waals surface area contributed by atoms with Gasteiger partial charge in [0.25, 0.3) is 0 Å². The number of methoxy groups -OCH3 is 1. The highest BCUT2D eigenvalue weighted by Gasteiger charge is 2.21. The Labute approximate surface area is 159 Å². The van der Waals surface area contributed by atoms with Crippen LogP contribution in [0.2, 0.25) is 0 Å². The Morgan fingerprint density at radius 2 is 1.93 bits per heavy atom. The SMILES string of the molecule is COc1cccc(-c2noc(NC3CCN(Cc4ccccc4)CC3)n2)c1. The van der Waals surface area contributed by atoms with Gasteiger partial charge in [0.05, 0.1) is 7.11 Å². The number of nitrogens with one attached hydrogen (secondary N) is 1. The van der Waals surface area contributed by atoms with E-state index in [-0.39, 0.29) is 0 Å². The largest absolute Gasteiger partial charge is 0.497 e. The molecular weight excluding hydrogens is 340 g/mol. The Morgan fingerprint density at radius 1 is 1.11 bits per heavy atom. The van der Waals surface area contributed by atoms with E-state index in [0.717, 1.165) is 43.8 Å². The van der Waals surface area contributed by atoms with E-state index in [1.807, 2.05) is 24.3 Å². The van der Waals surface area contributed by atoms with Gasteiger partial charge >= 0.3 is 6.01 Å². The number of benzene rings is 2. The Balaban J connectivity index is 1.31. The van der Waals surface area contributed by atoms with E-state index in [4.69, 9.17) is 9.26 Å². The second-order valence-corrected chi connectivity index (χ2v) is 6.84. The molecule has 0 bridgehead atoms. The maximum atomic E-state index is 5.39. The molecule has 4 rings (SSSR count). The minimum atomic E-state index is 0.357. The van der Waals surface area contributed by atoms with Crippen LogP contribution >= 0.6 is 0 Å². The van der Waals surface area contributed by atoms with Gasteiger partial charge in [0.2, 0.25) is 5.82 Å². The summed E-state index contributed by atoms with van der Waals surface area (Å²) in [5.41, 5.74) is 2.24. The molecule has 1 aromatic heterocycles. The highest BCUT2D eigenvalue weighted by atomic mass is 16.5. The molecule has 0 radical (unpaired) electrons. The molecule has 6 heteroatoms. The molecule has 3 aromatic rings. The molecule has 0 aliphatic carbocycles. The van der Waals surface area contributed by atoms with Crippen molar-refractivity contribution < 1.29 is 9.26 Å². The quantitative estimate of drug-likeness (QED) is 0.717. The second-order valence-electron chi connectivity index (χ2n) is 6.84. The molecule has 0 unspecified atom stereocenters. The number of piperidine rings is 1. The Kier molecular flexibility index (Phi) is 5.34. The van der Waals surface area contributed by atoms with Crippen LogP contribution in [-0.2, 0) is 6.54 Å². The molecule has 0 amide bonds. The number of rotatable bonds is 6. The standard InChI is InChI=1S/C21H24N4O2/c1-26-19-9-5-8-17(14-19)20-23-21(27-24-20)22-18-10-12-25(13-11-18)15-16-6-3-2-4-7-16/h2-9,14,18H,10-13,15H2,1H3,(H,22,23,24). The maximum Gasteiger partial charge on any atom is 0.322 e. The molecule has 1 N–H and O–H groups in total. The topological polar surface area (TPSA) is 63.4 Å². The third kappa shape index (κ3) is 4.46. The fourth-order valence-corrected chi connectivity index (χ4v) is 3.41. The number of hydrogen-bond donors (Lipinski definition) is 1. The molecule has 0 spiro atoms. The third-order valence-electron chi connectivity index (χ3n) is 4.92. The summed E-state index contributed by atoms with van der Waals surface area (Å²) in [6.45, 7) is 3.13. The van der Waals surface area contributed by atoms with Crippen LogP contribution in [0.1, 0.15) is 18.4 Å². The Hall–Kier alpha value is -2.86. The van der Waals surface area contributed by atoms with E-state index in [9.17, 15) is 0 Å². The van der Waals surface area contributed by atoms with Crippen molar-refractivity contribution in [2.24, 2.45) is 0 Å². The lowest BCUT2D eigenvalue weighted by atomic mass is 10.0. The van der Waals surface area contributed by atoms with Crippen molar-refractivity contribution in [3.63, 3.8) is 0 Å². The normalized spacial score (nSPS) is 15.6. The molecule has 6 nitrogen and oxygen atoms in total. The summed E-state index contributed by atoms with van der Waals surface area (Å²) in [7, 11) is 1.65. The van der Waals surface area contributed by atoms with Crippen molar-refractivity contribution in [2.45, 2.75) is 25.4 Å². The van der Waals surface area contributed by atoms with E-state index >= 15 is 0 Å². The minimum Gasteiger partial charge on any atom is -0.497 e. The number of anilines is 1. The van der Waals surface area contributed by atoms with Crippen LogP contribution in [0.3, 0.4) is 0 Å². The first-order valence-electron chi connectivity index (χ1n) is 9.31. The van der Waals surface area contributed by atoms with Gasteiger partial charge in [-0.05, 0) is 30.5 Å². The summed E-state index contributed by atoms with van der Waals surface area (Å²) < 4.78 is 10.6. The summed E-state index contributed by atoms with van der Waals surface area (Å²) in [4.78, 5) is 6.97. The summed E-state index contributed by atoms with van der Waals surface area (Å²) in [5.74, 6) is 1.34. The molecule has 0 saturated carbocycles. The van der Waals surface area contributed by atoms with Crippen molar-refractivity contribution in [3.8, 4) is 17.1 Å². The first-order valence-corrected chi connectivity index (χ1v) is 9.31. The van der Waals surface area contributed by atoms with Crippen molar-refractivity contribution in [1.29, 1.82) is 0 Å². The fourth-order valence-electron chi connectivity index (χ4n) is 3.41. The molecule has 1 aliphatic rings. The molecule has 1 fully saturated rings. The van der Waals surface area contributed by atoms with Crippen LogP contribution < -0.4 is 10.1 Å². The number of nitrogens with zero attached hydrogens (tertiary/aromatic N) is 3. The van der Waals surface area contributed by atoms with Crippen LogP contribution in [0.15, 0.2) is 59.1 Å². The van der Waals surface area contributed by atoms with E-state index < -0.39 is 0 Å². The van der Waals surface area contributed by atoms with Crippen LogP contribution in [0.25, 0.3) is 11.4 Å². The van der Waals surface area contributed by atoms with Crippen LogP contribution in [0.4, 0.5) is 6.01 Å². The summed E-state index contributed by atoms with van der Waals surface area (Å²) in [5, 5.41) is 7.47. The first kappa shape index (κ1) is 17.5. The number of hydrogen-bond acceptors (Lipinski definition) is 6. The van der Waals surface area contributed by atoms with Crippen molar-refractivity contribution in [1.82, 2.24) is 15.0 Å². The Morgan fingerprint density at radius 3 is 2.70 bits per heavy atom. The van der Waals surface area contributed by atoms with Gasteiger partial charge in [0.1, 0.15) is 5.75 Å². The fraction of sp³-hybridized carbons (Fsp3) is 0.333. The van der Waals surface area contributed by atoms with Gasteiger partial charge in [-0.15, -0.1) is 0 Å². The van der Waals surface area contributed by atoms with E-state index in [2.05, 4.69) is 50.7 Å². The molecule has 27 heavy (non-hydrogen) atoms. The lowest BCUT2D eigenvalue weighted by molar-refractivity contribution is 0.210. The lowest BCUT2D eigenvalue weighted by Gasteiger charge is -2.31. The monoisotopic (exact) mass is 364 g/mol. The number of likely N-dealkylation sites (tertiary alicyclic amines) is 1. The van der Waals surface area contributed by atoms with Crippen molar-refractivity contribution in [2.75, 3.05) is 25.5 Å². The second kappa shape index (κ2) is 8.22. The van der Waals surface area contributed by atoms with Gasteiger partial charge in [-0.1, -0.05) is 47.6 Å². The van der Waals surface area contributed by atoms with Gasteiger partial charge in [-0.2, -0.15) is 4.98 Å². The van der Waals surface area contributed by atoms with Gasteiger partial charge in [0.15, 0.2) is 0 Å². The molecule has 2 aromatic carbocycles. The average molecular weight is 364 g/mol. The van der Waals surface area contributed by atoms with Crippen LogP contribution in [0, 0.1) is 0 Å². The lowest BCUT2D eigenvalue weighted by Crippen LogP contribution is -2.38. The van der Waals surface area contributed by atoms with Crippen molar-refractivity contribution >= 4 is 6.01 Å². The highest BCUT2D eigenvalue weighted by Crippen LogP contribution is 2.23. The molecule has 2 heterocycles. The average Bonchev–Trinajstić information content (AvgIpc) is 3.19. The van der Waals surface area contributed by atoms with Gasteiger partial charge < -0.3 is 14.6 Å².